The van der Waals surface area contributed by atoms with E-state index in [1.165, 1.54) is 0 Å². The average molecular weight is 247 g/mol. The minimum absolute atomic E-state index is 0.101. The lowest BCUT2D eigenvalue weighted by atomic mass is 9.92. The Hall–Kier alpha value is -0.130. The summed E-state index contributed by atoms with van der Waals surface area (Å²) in [5, 5.41) is 12.8. The Morgan fingerprint density at radius 2 is 1.88 bits per heavy atom. The Balaban J connectivity index is 1.82. The summed E-state index contributed by atoms with van der Waals surface area (Å²) >= 11 is 0. The van der Waals surface area contributed by atoms with Crippen LogP contribution in [-0.4, -0.2) is 43.2 Å². The van der Waals surface area contributed by atoms with Crippen LogP contribution in [0.1, 0.15) is 38.5 Å². The molecule has 2 fully saturated rings. The van der Waals surface area contributed by atoms with Gasteiger partial charge in [-0.25, -0.2) is 8.42 Å². The van der Waals surface area contributed by atoms with Crippen molar-refractivity contribution in [2.45, 2.75) is 55.9 Å². The summed E-state index contributed by atoms with van der Waals surface area (Å²) < 4.78 is 23.2. The molecule has 16 heavy (non-hydrogen) atoms. The van der Waals surface area contributed by atoms with Crippen LogP contribution in [0.4, 0.5) is 0 Å². The van der Waals surface area contributed by atoms with Gasteiger partial charge >= 0.3 is 0 Å². The zero-order valence-electron chi connectivity index (χ0n) is 9.56. The quantitative estimate of drug-likeness (QED) is 0.760. The maximum Gasteiger partial charge on any atom is 0.154 e. The molecular formula is C11H21NO3S. The van der Waals surface area contributed by atoms with Crippen molar-refractivity contribution in [3.63, 3.8) is 0 Å². The number of hydrogen-bond acceptors (Lipinski definition) is 4. The molecule has 0 spiro atoms. The molecule has 1 heterocycles. The molecule has 1 aliphatic carbocycles. The van der Waals surface area contributed by atoms with E-state index in [2.05, 4.69) is 5.32 Å². The first kappa shape index (κ1) is 12.3. The molecular weight excluding hydrogens is 226 g/mol. The summed E-state index contributed by atoms with van der Waals surface area (Å²) in [6.07, 6.45) is 5.30. The highest BCUT2D eigenvalue weighted by molar-refractivity contribution is 7.92. The zero-order valence-corrected chi connectivity index (χ0v) is 10.4. The van der Waals surface area contributed by atoms with Crippen molar-refractivity contribution in [3.8, 4) is 0 Å². The molecule has 2 N–H and O–H groups in total. The number of hydrogen-bond donors (Lipinski definition) is 2. The molecule has 0 amide bonds. The summed E-state index contributed by atoms with van der Waals surface area (Å²) in [5.41, 5.74) is 0. The lowest BCUT2D eigenvalue weighted by Gasteiger charge is -2.29. The van der Waals surface area contributed by atoms with E-state index in [1.807, 2.05) is 0 Å². The van der Waals surface area contributed by atoms with Gasteiger partial charge < -0.3 is 10.4 Å². The van der Waals surface area contributed by atoms with Crippen molar-refractivity contribution < 1.29 is 13.5 Å². The Kier molecular flexibility index (Phi) is 3.87. The molecule has 0 aromatic heterocycles. The molecule has 5 heteroatoms. The molecule has 0 bridgehead atoms. The summed E-state index contributed by atoms with van der Waals surface area (Å²) in [5.74, 6) is 0.340. The third-order valence-electron chi connectivity index (χ3n) is 3.80. The van der Waals surface area contributed by atoms with E-state index in [9.17, 15) is 13.5 Å². The second kappa shape index (κ2) is 5.02. The van der Waals surface area contributed by atoms with Crippen molar-refractivity contribution in [2.75, 3.05) is 12.3 Å². The molecule has 1 saturated heterocycles. The van der Waals surface area contributed by atoms with Crippen LogP contribution in [0.25, 0.3) is 0 Å². The number of aliphatic hydroxyl groups excluding tert-OH is 1. The molecule has 2 rings (SSSR count). The van der Waals surface area contributed by atoms with Gasteiger partial charge in [-0.15, -0.1) is 0 Å². The third kappa shape index (κ3) is 2.76. The van der Waals surface area contributed by atoms with E-state index >= 15 is 0 Å². The van der Waals surface area contributed by atoms with Gasteiger partial charge in [-0.3, -0.25) is 0 Å². The van der Waals surface area contributed by atoms with Gasteiger partial charge in [0.15, 0.2) is 9.84 Å². The monoisotopic (exact) mass is 247 g/mol. The minimum atomic E-state index is -2.85. The van der Waals surface area contributed by atoms with Crippen LogP contribution in [0.2, 0.25) is 0 Å². The first-order valence-corrected chi connectivity index (χ1v) is 7.94. The zero-order chi connectivity index (χ0) is 11.6. The predicted molar refractivity (Wildman–Crippen MR) is 63.1 cm³/mol. The Labute approximate surface area is 97.3 Å². The van der Waals surface area contributed by atoms with E-state index in [4.69, 9.17) is 0 Å². The van der Waals surface area contributed by atoms with E-state index in [1.54, 1.807) is 0 Å². The predicted octanol–water partition coefficient (Wildman–Crippen LogP) is 0.457. The van der Waals surface area contributed by atoms with Crippen molar-refractivity contribution in [3.05, 3.63) is 0 Å². The normalized spacial score (nSPS) is 38.7. The van der Waals surface area contributed by atoms with Crippen LogP contribution < -0.4 is 5.32 Å². The Morgan fingerprint density at radius 1 is 1.12 bits per heavy atom. The molecule has 3 atom stereocenters. The number of sulfone groups is 1. The molecule has 1 aliphatic heterocycles. The highest BCUT2D eigenvalue weighted by Crippen LogP contribution is 2.21. The lowest BCUT2D eigenvalue weighted by Crippen LogP contribution is -2.45. The molecule has 3 unspecified atom stereocenters. The fraction of sp³-hybridized carbons (Fsp3) is 1.00. The maximum atomic E-state index is 11.6. The maximum absolute atomic E-state index is 11.6. The first-order chi connectivity index (χ1) is 7.59. The average Bonchev–Trinajstić information content (AvgIpc) is 2.57. The van der Waals surface area contributed by atoms with Gasteiger partial charge in [-0.2, -0.15) is 0 Å². The molecule has 0 aromatic carbocycles. The van der Waals surface area contributed by atoms with E-state index in [0.717, 1.165) is 38.5 Å². The van der Waals surface area contributed by atoms with Crippen LogP contribution in [0.15, 0.2) is 0 Å². The third-order valence-corrected chi connectivity index (χ3v) is 6.08. The summed E-state index contributed by atoms with van der Waals surface area (Å²) in [6.45, 7) is 0.518. The number of aliphatic hydroxyl groups is 1. The largest absolute Gasteiger partial charge is 0.392 e. The fourth-order valence-electron chi connectivity index (χ4n) is 2.72. The van der Waals surface area contributed by atoms with E-state index < -0.39 is 9.84 Å². The van der Waals surface area contributed by atoms with Gasteiger partial charge in [0.2, 0.25) is 0 Å². The van der Waals surface area contributed by atoms with Gasteiger partial charge in [-0.05, 0) is 25.7 Å². The molecule has 4 nitrogen and oxygen atoms in total. The highest BCUT2D eigenvalue weighted by atomic mass is 32.2. The topological polar surface area (TPSA) is 66.4 Å². The second-order valence-electron chi connectivity index (χ2n) is 5.00. The lowest BCUT2D eigenvalue weighted by molar-refractivity contribution is 0.0912. The Morgan fingerprint density at radius 3 is 2.50 bits per heavy atom. The summed E-state index contributed by atoms with van der Waals surface area (Å²) in [6, 6.07) is 0.101. The van der Waals surface area contributed by atoms with Gasteiger partial charge in [0, 0.05) is 12.6 Å². The van der Waals surface area contributed by atoms with Gasteiger partial charge in [-0.1, -0.05) is 12.8 Å². The van der Waals surface area contributed by atoms with Crippen LogP contribution in [0.5, 0.6) is 0 Å². The second-order valence-corrected chi connectivity index (χ2v) is 7.40. The van der Waals surface area contributed by atoms with Crippen molar-refractivity contribution >= 4 is 9.84 Å². The molecule has 0 radical (unpaired) electrons. The Bertz CT molecular complexity index is 328. The molecule has 2 aliphatic rings. The highest BCUT2D eigenvalue weighted by Gasteiger charge is 2.32. The smallest absolute Gasteiger partial charge is 0.154 e. The van der Waals surface area contributed by atoms with Crippen LogP contribution in [-0.2, 0) is 9.84 Å². The van der Waals surface area contributed by atoms with Gasteiger partial charge in [0.25, 0.3) is 0 Å². The number of rotatable bonds is 3. The molecule has 0 aromatic rings. The molecule has 94 valence electrons. The van der Waals surface area contributed by atoms with Crippen molar-refractivity contribution in [2.24, 2.45) is 0 Å². The molecule has 1 saturated carbocycles. The van der Waals surface area contributed by atoms with Gasteiger partial charge in [0.05, 0.1) is 17.1 Å². The van der Waals surface area contributed by atoms with Crippen molar-refractivity contribution in [1.82, 2.24) is 5.32 Å². The van der Waals surface area contributed by atoms with Crippen LogP contribution in [0, 0.1) is 0 Å². The summed E-state index contributed by atoms with van der Waals surface area (Å²) in [4.78, 5) is 0. The van der Waals surface area contributed by atoms with Gasteiger partial charge in [0.1, 0.15) is 0 Å². The van der Waals surface area contributed by atoms with E-state index in [-0.39, 0.29) is 17.4 Å². The SMILES string of the molecule is O=S1(=O)CCCC1CNC1CCCCC1O. The summed E-state index contributed by atoms with van der Waals surface area (Å²) in [7, 11) is -2.85. The standard InChI is InChI=1S/C11H21NO3S/c13-11-6-2-1-5-10(11)12-8-9-4-3-7-16(9,14)15/h9-13H,1-8H2. The van der Waals surface area contributed by atoms with Crippen LogP contribution >= 0.6 is 0 Å². The number of nitrogens with one attached hydrogen (secondary N) is 1. The first-order valence-electron chi connectivity index (χ1n) is 6.22. The van der Waals surface area contributed by atoms with Crippen LogP contribution in [0.3, 0.4) is 0 Å². The van der Waals surface area contributed by atoms with Crippen molar-refractivity contribution in [1.29, 1.82) is 0 Å². The van der Waals surface area contributed by atoms with E-state index in [0.29, 0.717) is 12.3 Å². The minimum Gasteiger partial charge on any atom is -0.392 e. The fourth-order valence-corrected chi connectivity index (χ4v) is 4.50.